The summed E-state index contributed by atoms with van der Waals surface area (Å²) in [6.07, 6.45) is -11.6. The molecule has 0 fully saturated rings. The van der Waals surface area contributed by atoms with E-state index >= 15 is 0 Å². The third-order valence-electron chi connectivity index (χ3n) is 2.56. The molecule has 1 rings (SSSR count). The van der Waals surface area contributed by atoms with Gasteiger partial charge in [0.1, 0.15) is 0 Å². The molecule has 2 amide bonds. The van der Waals surface area contributed by atoms with Crippen LogP contribution in [0, 0.1) is 6.92 Å². The van der Waals surface area contributed by atoms with Crippen LogP contribution >= 0.6 is 0 Å². The van der Waals surface area contributed by atoms with E-state index in [-0.39, 0.29) is 4.90 Å². The Morgan fingerprint density at radius 3 is 1.88 bits per heavy atom. The van der Waals surface area contributed by atoms with Gasteiger partial charge in [-0.25, -0.2) is 13.2 Å². The second kappa shape index (κ2) is 6.84. The maximum Gasteiger partial charge on any atom is 0.417 e. The number of carbonyl (C=O) groups is 1. The van der Waals surface area contributed by atoms with Crippen LogP contribution in [0.15, 0.2) is 29.2 Å². The summed E-state index contributed by atoms with van der Waals surface area (Å²) in [5.41, 5.74) is 1.93. The molecule has 136 valence electrons. The molecule has 0 aromatic heterocycles. The van der Waals surface area contributed by atoms with Crippen molar-refractivity contribution in [2.75, 3.05) is 0 Å². The Bertz CT molecular complexity index is 670. The summed E-state index contributed by atoms with van der Waals surface area (Å²) in [6.45, 7) is 1.66. The SMILES string of the molecule is Cc1ccc(S(=O)(=O)NNC(=O)NC(C(F)(F)F)C(F)(F)F)cc1. The molecule has 0 heterocycles. The van der Waals surface area contributed by atoms with Crippen LogP contribution in [-0.4, -0.2) is 32.8 Å². The van der Waals surface area contributed by atoms with Crippen LogP contribution in [0.1, 0.15) is 5.56 Å². The lowest BCUT2D eigenvalue weighted by Gasteiger charge is -2.23. The number of benzene rings is 1. The van der Waals surface area contributed by atoms with E-state index in [1.54, 1.807) is 6.92 Å². The summed E-state index contributed by atoms with van der Waals surface area (Å²) in [4.78, 5) is 12.2. The fourth-order valence-electron chi connectivity index (χ4n) is 1.41. The van der Waals surface area contributed by atoms with Crippen molar-refractivity contribution in [1.29, 1.82) is 0 Å². The number of sulfonamides is 1. The predicted octanol–water partition coefficient (Wildman–Crippen LogP) is 1.98. The van der Waals surface area contributed by atoms with E-state index in [1.165, 1.54) is 22.4 Å². The van der Waals surface area contributed by atoms with Crippen LogP contribution in [0.2, 0.25) is 0 Å². The fourth-order valence-corrected chi connectivity index (χ4v) is 2.25. The monoisotopic (exact) mass is 379 g/mol. The molecule has 1 aromatic carbocycles. The zero-order valence-corrected chi connectivity index (χ0v) is 12.6. The number of nitrogens with one attached hydrogen (secondary N) is 3. The quantitative estimate of drug-likeness (QED) is 0.552. The molecular weight excluding hydrogens is 368 g/mol. The smallest absolute Gasteiger partial charge is 0.318 e. The van der Waals surface area contributed by atoms with Crippen LogP contribution in [0.3, 0.4) is 0 Å². The first-order valence-corrected chi connectivity index (χ1v) is 7.50. The molecule has 0 saturated heterocycles. The van der Waals surface area contributed by atoms with E-state index in [0.29, 0.717) is 10.9 Å². The lowest BCUT2D eigenvalue weighted by molar-refractivity contribution is -0.255. The summed E-state index contributed by atoms with van der Waals surface area (Å²) in [5.74, 6) is 0. The van der Waals surface area contributed by atoms with Gasteiger partial charge in [-0.2, -0.15) is 26.3 Å². The maximum atomic E-state index is 12.3. The third kappa shape index (κ3) is 5.56. The Morgan fingerprint density at radius 2 is 1.46 bits per heavy atom. The second-order valence-corrected chi connectivity index (χ2v) is 6.22. The molecule has 0 aliphatic heterocycles. The third-order valence-corrected chi connectivity index (χ3v) is 3.82. The summed E-state index contributed by atoms with van der Waals surface area (Å²) >= 11 is 0. The van der Waals surface area contributed by atoms with Crippen molar-refractivity contribution in [3.05, 3.63) is 29.8 Å². The number of urea groups is 1. The van der Waals surface area contributed by atoms with Gasteiger partial charge in [0.05, 0.1) is 4.90 Å². The standard InChI is InChI=1S/C11H11F6N3O3S/c1-6-2-4-7(5-3-6)24(22,23)20-19-9(21)18-8(10(12,13)14)11(15,16)17/h2-5,8,20H,1H3,(H2,18,19,21). The Hall–Kier alpha value is -2.02. The average Bonchev–Trinajstić information content (AvgIpc) is 2.40. The zero-order chi connectivity index (χ0) is 18.8. The van der Waals surface area contributed by atoms with Gasteiger partial charge in [-0.1, -0.05) is 17.7 Å². The number of hydrazine groups is 1. The Labute approximate surface area is 132 Å². The lowest BCUT2D eigenvalue weighted by atomic mass is 10.2. The molecule has 0 aliphatic carbocycles. The number of amides is 2. The second-order valence-electron chi connectivity index (χ2n) is 4.53. The van der Waals surface area contributed by atoms with Gasteiger partial charge in [0.2, 0.25) is 6.04 Å². The average molecular weight is 379 g/mol. The lowest BCUT2D eigenvalue weighted by Crippen LogP contribution is -2.59. The summed E-state index contributed by atoms with van der Waals surface area (Å²) < 4.78 is 97.0. The van der Waals surface area contributed by atoms with Crippen molar-refractivity contribution in [1.82, 2.24) is 15.6 Å². The molecule has 24 heavy (non-hydrogen) atoms. The van der Waals surface area contributed by atoms with Gasteiger partial charge in [0, 0.05) is 0 Å². The number of carbonyl (C=O) groups excluding carboxylic acids is 1. The molecule has 0 unspecified atom stereocenters. The van der Waals surface area contributed by atoms with E-state index in [2.05, 4.69) is 0 Å². The number of halogens is 6. The predicted molar refractivity (Wildman–Crippen MR) is 69.1 cm³/mol. The molecule has 6 nitrogen and oxygen atoms in total. The summed E-state index contributed by atoms with van der Waals surface area (Å²) in [5, 5.41) is 0.603. The Balaban J connectivity index is 2.76. The van der Waals surface area contributed by atoms with Crippen molar-refractivity contribution in [2.45, 2.75) is 30.2 Å². The molecule has 0 saturated carbocycles. The molecule has 1 aromatic rings. The zero-order valence-electron chi connectivity index (χ0n) is 11.8. The van der Waals surface area contributed by atoms with Gasteiger partial charge in [-0.05, 0) is 19.1 Å². The molecule has 0 aliphatic rings. The summed E-state index contributed by atoms with van der Waals surface area (Å²) in [6, 6.07) is -1.10. The highest BCUT2D eigenvalue weighted by atomic mass is 32.2. The van der Waals surface area contributed by atoms with Crippen LogP contribution < -0.4 is 15.6 Å². The highest BCUT2D eigenvalue weighted by Crippen LogP contribution is 2.32. The van der Waals surface area contributed by atoms with Crippen molar-refractivity contribution in [2.24, 2.45) is 0 Å². The van der Waals surface area contributed by atoms with Crippen molar-refractivity contribution in [3.63, 3.8) is 0 Å². The molecule has 0 atom stereocenters. The van der Waals surface area contributed by atoms with E-state index in [0.717, 1.165) is 12.1 Å². The van der Waals surface area contributed by atoms with Crippen molar-refractivity contribution in [3.8, 4) is 0 Å². The van der Waals surface area contributed by atoms with Gasteiger partial charge in [0.15, 0.2) is 0 Å². The summed E-state index contributed by atoms with van der Waals surface area (Å²) in [7, 11) is -4.36. The number of rotatable bonds is 4. The maximum absolute atomic E-state index is 12.3. The first-order chi connectivity index (χ1) is 10.7. The van der Waals surface area contributed by atoms with Gasteiger partial charge in [-0.3, -0.25) is 5.43 Å². The van der Waals surface area contributed by atoms with Crippen LogP contribution in [0.4, 0.5) is 31.1 Å². The van der Waals surface area contributed by atoms with Gasteiger partial charge < -0.3 is 5.32 Å². The Kier molecular flexibility index (Phi) is 5.71. The van der Waals surface area contributed by atoms with Crippen LogP contribution in [-0.2, 0) is 10.0 Å². The van der Waals surface area contributed by atoms with Crippen molar-refractivity contribution < 1.29 is 39.6 Å². The topological polar surface area (TPSA) is 87.3 Å². The van der Waals surface area contributed by atoms with Crippen LogP contribution in [0.25, 0.3) is 0 Å². The van der Waals surface area contributed by atoms with Crippen LogP contribution in [0.5, 0.6) is 0 Å². The number of hydrogen-bond acceptors (Lipinski definition) is 3. The Morgan fingerprint density at radius 1 is 1.00 bits per heavy atom. The number of alkyl halides is 6. The van der Waals surface area contributed by atoms with Gasteiger partial charge in [0.25, 0.3) is 10.0 Å². The van der Waals surface area contributed by atoms with Gasteiger partial charge >= 0.3 is 18.4 Å². The van der Waals surface area contributed by atoms with Crippen molar-refractivity contribution >= 4 is 16.1 Å². The largest absolute Gasteiger partial charge is 0.417 e. The highest BCUT2D eigenvalue weighted by Gasteiger charge is 2.57. The van der Waals surface area contributed by atoms with E-state index < -0.39 is 34.4 Å². The first kappa shape index (κ1) is 20.0. The molecular formula is C11H11F6N3O3S. The van der Waals surface area contributed by atoms with E-state index in [1.807, 2.05) is 0 Å². The number of aryl methyl sites for hydroxylation is 1. The molecule has 3 N–H and O–H groups in total. The molecule has 0 spiro atoms. The molecule has 0 bridgehead atoms. The highest BCUT2D eigenvalue weighted by molar-refractivity contribution is 7.89. The molecule has 0 radical (unpaired) electrons. The number of hydrogen-bond donors (Lipinski definition) is 3. The first-order valence-electron chi connectivity index (χ1n) is 6.02. The van der Waals surface area contributed by atoms with E-state index in [9.17, 15) is 39.6 Å². The minimum Gasteiger partial charge on any atom is -0.318 e. The fraction of sp³-hybridized carbons (Fsp3) is 0.364. The normalized spacial score (nSPS) is 13.0. The minimum absolute atomic E-state index is 0.350. The molecule has 13 heteroatoms. The van der Waals surface area contributed by atoms with E-state index in [4.69, 9.17) is 0 Å². The van der Waals surface area contributed by atoms with Gasteiger partial charge in [-0.15, -0.1) is 4.83 Å². The minimum atomic E-state index is -5.80.